The molecule has 3 aliphatic rings. The summed E-state index contributed by atoms with van der Waals surface area (Å²) in [6.07, 6.45) is 9.49. The van der Waals surface area contributed by atoms with Crippen LogP contribution in [0.2, 0.25) is 0 Å². The molecule has 0 aromatic carbocycles. The maximum Gasteiger partial charge on any atom is 0.193 e. The number of hydrogen-bond donors (Lipinski definition) is 1. The van der Waals surface area contributed by atoms with Gasteiger partial charge >= 0.3 is 0 Å². The summed E-state index contributed by atoms with van der Waals surface area (Å²) < 4.78 is 0. The first-order valence-electron chi connectivity index (χ1n) is 8.45. The third kappa shape index (κ3) is 3.32. The molecule has 0 saturated carbocycles. The molecule has 24 heavy (non-hydrogen) atoms. The lowest BCUT2D eigenvalue weighted by Crippen LogP contribution is -2.62. The van der Waals surface area contributed by atoms with Crippen molar-refractivity contribution in [3.63, 3.8) is 0 Å². The first-order valence-corrected chi connectivity index (χ1v) is 8.86. The number of likely N-dealkylation sites (N-methyl/N-ethyl adjacent to an activating group) is 1. The Morgan fingerprint density at radius 3 is 2.92 bits per heavy atom. The zero-order valence-electron chi connectivity index (χ0n) is 14.4. The number of aliphatic imine (C=N–C) groups is 2. The van der Waals surface area contributed by atoms with Gasteiger partial charge in [-0.3, -0.25) is 4.99 Å². The van der Waals surface area contributed by atoms with Crippen LogP contribution in [-0.2, 0) is 0 Å². The number of nitrogens with zero attached hydrogens (tertiary/aromatic N) is 5. The average molecular weight is 344 g/mol. The smallest absolute Gasteiger partial charge is 0.193 e. The molecule has 0 spiro atoms. The van der Waals surface area contributed by atoms with E-state index in [1.54, 1.807) is 0 Å². The Labute approximate surface area is 148 Å². The molecule has 0 aromatic heterocycles. The molecule has 0 bridgehead atoms. The molecule has 128 valence electrons. The van der Waals surface area contributed by atoms with Crippen LogP contribution in [0.5, 0.6) is 0 Å². The molecule has 0 aliphatic carbocycles. The summed E-state index contributed by atoms with van der Waals surface area (Å²) >= 11 is 5.55. The lowest BCUT2D eigenvalue weighted by molar-refractivity contribution is 0.226. The predicted molar refractivity (Wildman–Crippen MR) is 104 cm³/mol. The van der Waals surface area contributed by atoms with Crippen LogP contribution in [0.15, 0.2) is 39.1 Å². The number of allylic oxidation sites excluding steroid dienone is 2. The van der Waals surface area contributed by atoms with Crippen molar-refractivity contribution in [3.8, 4) is 0 Å². The third-order valence-corrected chi connectivity index (χ3v) is 4.62. The summed E-state index contributed by atoms with van der Waals surface area (Å²) in [6, 6.07) is 0.687. The molecule has 1 saturated heterocycles. The number of thiocarbonyl (C=S) groups is 1. The van der Waals surface area contributed by atoms with Crippen LogP contribution < -0.4 is 5.32 Å². The monoisotopic (exact) mass is 344 g/mol. The van der Waals surface area contributed by atoms with E-state index < -0.39 is 0 Å². The highest BCUT2D eigenvalue weighted by Crippen LogP contribution is 2.23. The number of fused-ring (bicyclic) bond motifs is 1. The molecular weight excluding hydrogens is 320 g/mol. The summed E-state index contributed by atoms with van der Waals surface area (Å²) in [6.45, 7) is 6.05. The second kappa shape index (κ2) is 7.36. The minimum absolute atomic E-state index is 0.180. The molecule has 1 atom stereocenters. The highest BCUT2D eigenvalue weighted by atomic mass is 32.1. The summed E-state index contributed by atoms with van der Waals surface area (Å²) in [7, 11) is 1.99. The van der Waals surface area contributed by atoms with Crippen molar-refractivity contribution in [1.82, 2.24) is 15.2 Å². The molecule has 0 aromatic rings. The van der Waals surface area contributed by atoms with Gasteiger partial charge in [0.1, 0.15) is 5.70 Å². The maximum absolute atomic E-state index is 5.55. The minimum Gasteiger partial charge on any atom is -0.350 e. The molecule has 1 N–H and O–H groups in total. The summed E-state index contributed by atoms with van der Waals surface area (Å²) in [5.74, 6) is 1.69. The van der Waals surface area contributed by atoms with Crippen molar-refractivity contribution >= 4 is 35.0 Å². The molecule has 0 radical (unpaired) electrons. The van der Waals surface area contributed by atoms with Crippen molar-refractivity contribution in [2.24, 2.45) is 15.1 Å². The van der Waals surface area contributed by atoms with E-state index in [0.717, 1.165) is 48.2 Å². The Balaban J connectivity index is 1.93. The van der Waals surface area contributed by atoms with Gasteiger partial charge in [-0.1, -0.05) is 25.2 Å². The Bertz CT molecular complexity index is 654. The van der Waals surface area contributed by atoms with Gasteiger partial charge in [0, 0.05) is 31.8 Å². The standard InChI is InChI=1S/C17H24N6S/c1-4-5-6-15(24)14-9-19-16(22-10-13(11-22)18-3)17-21-12(2)7-8-20-23(14)17/h5-6,8-9,12-13,18H,4,7,10-11H2,1-3H3/b6-5-. The van der Waals surface area contributed by atoms with Crippen LogP contribution in [0.4, 0.5) is 0 Å². The highest BCUT2D eigenvalue weighted by molar-refractivity contribution is 7.81. The van der Waals surface area contributed by atoms with Gasteiger partial charge in [-0.15, -0.1) is 0 Å². The summed E-state index contributed by atoms with van der Waals surface area (Å²) in [4.78, 5) is 12.5. The van der Waals surface area contributed by atoms with Crippen molar-refractivity contribution in [1.29, 1.82) is 0 Å². The van der Waals surface area contributed by atoms with E-state index in [1.165, 1.54) is 0 Å². The zero-order valence-corrected chi connectivity index (χ0v) is 15.3. The third-order valence-electron chi connectivity index (χ3n) is 4.27. The Morgan fingerprint density at radius 1 is 1.42 bits per heavy atom. The van der Waals surface area contributed by atoms with Crippen LogP contribution in [0.25, 0.3) is 0 Å². The van der Waals surface area contributed by atoms with Crippen LogP contribution in [0.1, 0.15) is 26.7 Å². The van der Waals surface area contributed by atoms with Crippen molar-refractivity contribution < 1.29 is 0 Å². The van der Waals surface area contributed by atoms with Gasteiger partial charge in [0.25, 0.3) is 0 Å². The van der Waals surface area contributed by atoms with E-state index in [-0.39, 0.29) is 6.04 Å². The van der Waals surface area contributed by atoms with Gasteiger partial charge < -0.3 is 10.2 Å². The second-order valence-electron chi connectivity index (χ2n) is 6.18. The largest absolute Gasteiger partial charge is 0.350 e. The fraction of sp³-hybridized carbons (Fsp3) is 0.529. The first kappa shape index (κ1) is 17.0. The number of hydrazone groups is 1. The van der Waals surface area contributed by atoms with Gasteiger partial charge in [-0.25, -0.2) is 10.0 Å². The van der Waals surface area contributed by atoms with E-state index >= 15 is 0 Å². The molecule has 0 amide bonds. The fourth-order valence-electron chi connectivity index (χ4n) is 2.75. The topological polar surface area (TPSA) is 55.6 Å². The Kier molecular flexibility index (Phi) is 5.20. The van der Waals surface area contributed by atoms with E-state index in [1.807, 2.05) is 30.5 Å². The quantitative estimate of drug-likeness (QED) is 0.626. The van der Waals surface area contributed by atoms with E-state index in [0.29, 0.717) is 6.04 Å². The van der Waals surface area contributed by atoms with Crippen LogP contribution >= 0.6 is 12.2 Å². The Hall–Kier alpha value is -1.86. The van der Waals surface area contributed by atoms with Crippen molar-refractivity contribution in [2.75, 3.05) is 20.1 Å². The van der Waals surface area contributed by atoms with Crippen LogP contribution in [0, 0.1) is 0 Å². The molecule has 3 rings (SSSR count). The first-order chi connectivity index (χ1) is 11.6. The van der Waals surface area contributed by atoms with Gasteiger partial charge in [-0.2, -0.15) is 5.10 Å². The summed E-state index contributed by atoms with van der Waals surface area (Å²) in [5.41, 5.74) is 0.813. The molecular formula is C17H24N6S. The Morgan fingerprint density at radius 2 is 2.21 bits per heavy atom. The lowest BCUT2D eigenvalue weighted by atomic mass is 10.1. The summed E-state index contributed by atoms with van der Waals surface area (Å²) in [5, 5.41) is 9.74. The molecule has 3 heterocycles. The SMILES string of the molecule is CC/C=C\C(=S)C1=CN=C(N2CC(NC)C2)C2=NC(C)CC=NN12. The van der Waals surface area contributed by atoms with Crippen molar-refractivity contribution in [2.45, 2.75) is 38.8 Å². The average Bonchev–Trinajstić information content (AvgIpc) is 2.73. The highest BCUT2D eigenvalue weighted by Gasteiger charge is 2.36. The van der Waals surface area contributed by atoms with E-state index in [4.69, 9.17) is 17.2 Å². The number of amidine groups is 2. The second-order valence-corrected chi connectivity index (χ2v) is 6.62. The fourth-order valence-corrected chi connectivity index (χ4v) is 2.99. The van der Waals surface area contributed by atoms with Gasteiger partial charge in [0.15, 0.2) is 11.7 Å². The molecule has 6 nitrogen and oxygen atoms in total. The lowest BCUT2D eigenvalue weighted by Gasteiger charge is -2.43. The zero-order chi connectivity index (χ0) is 17.1. The number of nitrogens with one attached hydrogen (secondary N) is 1. The normalized spacial score (nSPS) is 24.1. The number of hydrogen-bond acceptors (Lipinski definition) is 7. The number of rotatable bonds is 4. The molecule has 1 fully saturated rings. The molecule has 1 unspecified atom stereocenters. The van der Waals surface area contributed by atoms with Crippen LogP contribution in [-0.4, -0.2) is 64.9 Å². The van der Waals surface area contributed by atoms with E-state index in [9.17, 15) is 0 Å². The van der Waals surface area contributed by atoms with Crippen molar-refractivity contribution in [3.05, 3.63) is 24.0 Å². The number of likely N-dealkylation sites (tertiary alicyclic amines) is 1. The molecule has 3 aliphatic heterocycles. The predicted octanol–water partition coefficient (Wildman–Crippen LogP) is 1.96. The van der Waals surface area contributed by atoms with Gasteiger partial charge in [-0.05, 0) is 26.5 Å². The van der Waals surface area contributed by atoms with Crippen LogP contribution in [0.3, 0.4) is 0 Å². The minimum atomic E-state index is 0.180. The maximum atomic E-state index is 5.55. The van der Waals surface area contributed by atoms with E-state index in [2.05, 4.69) is 40.2 Å². The van der Waals surface area contributed by atoms with Gasteiger partial charge in [0.05, 0.1) is 17.1 Å². The molecule has 7 heteroatoms. The van der Waals surface area contributed by atoms with Gasteiger partial charge in [0.2, 0.25) is 0 Å².